The molecule has 0 atom stereocenters. The van der Waals surface area contributed by atoms with E-state index in [1.807, 2.05) is 17.2 Å². The van der Waals surface area contributed by atoms with Crippen LogP contribution in [-0.2, 0) is 0 Å². The molecular formula is C15H23N3O. The summed E-state index contributed by atoms with van der Waals surface area (Å²) in [5, 5.41) is 0. The SMILES string of the molecule is CCCCN(C)c1cncc(C(=O)N2CCCC2)c1. The van der Waals surface area contributed by atoms with Gasteiger partial charge in [0, 0.05) is 32.9 Å². The zero-order valence-corrected chi connectivity index (χ0v) is 11.9. The molecule has 1 aliphatic rings. The number of carbonyl (C=O) groups is 1. The molecule has 4 heteroatoms. The third kappa shape index (κ3) is 3.46. The highest BCUT2D eigenvalue weighted by Crippen LogP contribution is 2.17. The highest BCUT2D eigenvalue weighted by molar-refractivity contribution is 5.94. The summed E-state index contributed by atoms with van der Waals surface area (Å²) in [6.07, 6.45) is 8.07. The third-order valence-electron chi connectivity index (χ3n) is 3.65. The summed E-state index contributed by atoms with van der Waals surface area (Å²) in [7, 11) is 2.05. The molecule has 0 bridgehead atoms. The summed E-state index contributed by atoms with van der Waals surface area (Å²) in [6, 6.07) is 1.96. The van der Waals surface area contributed by atoms with Crippen molar-refractivity contribution in [2.24, 2.45) is 0 Å². The first-order chi connectivity index (χ1) is 9.22. The lowest BCUT2D eigenvalue weighted by molar-refractivity contribution is 0.0792. The van der Waals surface area contributed by atoms with Gasteiger partial charge in [0.25, 0.3) is 5.91 Å². The Morgan fingerprint density at radius 3 is 2.79 bits per heavy atom. The van der Waals surface area contributed by atoms with Gasteiger partial charge < -0.3 is 9.80 Å². The van der Waals surface area contributed by atoms with Crippen LogP contribution in [0.4, 0.5) is 5.69 Å². The van der Waals surface area contributed by atoms with Crippen molar-refractivity contribution in [1.29, 1.82) is 0 Å². The van der Waals surface area contributed by atoms with E-state index in [9.17, 15) is 4.79 Å². The van der Waals surface area contributed by atoms with E-state index in [1.165, 1.54) is 6.42 Å². The van der Waals surface area contributed by atoms with Crippen LogP contribution >= 0.6 is 0 Å². The molecule has 4 nitrogen and oxygen atoms in total. The largest absolute Gasteiger partial charge is 0.373 e. The molecule has 1 amide bonds. The molecule has 0 aliphatic carbocycles. The van der Waals surface area contributed by atoms with E-state index in [0.29, 0.717) is 5.56 Å². The molecule has 19 heavy (non-hydrogen) atoms. The number of carbonyl (C=O) groups excluding carboxylic acids is 1. The Bertz CT molecular complexity index is 427. The number of amides is 1. The Morgan fingerprint density at radius 2 is 2.11 bits per heavy atom. The molecule has 2 heterocycles. The summed E-state index contributed by atoms with van der Waals surface area (Å²) in [4.78, 5) is 20.6. The van der Waals surface area contributed by atoms with Gasteiger partial charge in [0.15, 0.2) is 0 Å². The van der Waals surface area contributed by atoms with Crippen molar-refractivity contribution >= 4 is 11.6 Å². The van der Waals surface area contributed by atoms with E-state index < -0.39 is 0 Å². The quantitative estimate of drug-likeness (QED) is 0.817. The monoisotopic (exact) mass is 261 g/mol. The summed E-state index contributed by atoms with van der Waals surface area (Å²) in [5.74, 6) is 0.121. The number of likely N-dealkylation sites (tertiary alicyclic amines) is 1. The fourth-order valence-electron chi connectivity index (χ4n) is 2.38. The zero-order chi connectivity index (χ0) is 13.7. The lowest BCUT2D eigenvalue weighted by Gasteiger charge is -2.20. The van der Waals surface area contributed by atoms with E-state index in [-0.39, 0.29) is 5.91 Å². The Kier molecular flexibility index (Phi) is 4.77. The lowest BCUT2D eigenvalue weighted by atomic mass is 10.2. The predicted molar refractivity (Wildman–Crippen MR) is 77.6 cm³/mol. The van der Waals surface area contributed by atoms with Crippen LogP contribution < -0.4 is 4.90 Å². The van der Waals surface area contributed by atoms with Gasteiger partial charge in [0.05, 0.1) is 17.4 Å². The van der Waals surface area contributed by atoms with Gasteiger partial charge in [-0.15, -0.1) is 0 Å². The Hall–Kier alpha value is -1.58. The van der Waals surface area contributed by atoms with Gasteiger partial charge in [-0.3, -0.25) is 9.78 Å². The fourth-order valence-corrected chi connectivity index (χ4v) is 2.38. The molecule has 1 aromatic heterocycles. The molecule has 104 valence electrons. The van der Waals surface area contributed by atoms with Crippen LogP contribution in [0.3, 0.4) is 0 Å². The average molecular weight is 261 g/mol. The number of nitrogens with zero attached hydrogens (tertiary/aromatic N) is 3. The molecule has 1 aliphatic heterocycles. The smallest absolute Gasteiger partial charge is 0.255 e. The molecule has 2 rings (SSSR count). The Labute approximate surface area is 115 Å². The first kappa shape index (κ1) is 13.8. The number of aromatic nitrogens is 1. The predicted octanol–water partition coefficient (Wildman–Crippen LogP) is 2.55. The number of unbranched alkanes of at least 4 members (excludes halogenated alkanes) is 1. The van der Waals surface area contributed by atoms with Crippen molar-refractivity contribution in [1.82, 2.24) is 9.88 Å². The molecule has 0 N–H and O–H groups in total. The van der Waals surface area contributed by atoms with E-state index in [0.717, 1.165) is 44.6 Å². The average Bonchev–Trinajstić information content (AvgIpc) is 2.98. The molecule has 0 unspecified atom stereocenters. The number of hydrogen-bond acceptors (Lipinski definition) is 3. The molecule has 0 saturated carbocycles. The summed E-state index contributed by atoms with van der Waals surface area (Å²) >= 11 is 0. The summed E-state index contributed by atoms with van der Waals surface area (Å²) < 4.78 is 0. The molecule has 1 saturated heterocycles. The van der Waals surface area contributed by atoms with Crippen LogP contribution in [0.15, 0.2) is 18.5 Å². The highest BCUT2D eigenvalue weighted by Gasteiger charge is 2.20. The maximum atomic E-state index is 12.3. The Morgan fingerprint density at radius 1 is 1.37 bits per heavy atom. The lowest BCUT2D eigenvalue weighted by Crippen LogP contribution is -2.28. The maximum absolute atomic E-state index is 12.3. The number of rotatable bonds is 5. The van der Waals surface area contributed by atoms with Crippen LogP contribution in [0.2, 0.25) is 0 Å². The topological polar surface area (TPSA) is 36.4 Å². The number of hydrogen-bond donors (Lipinski definition) is 0. The van der Waals surface area contributed by atoms with Gasteiger partial charge in [-0.25, -0.2) is 0 Å². The van der Waals surface area contributed by atoms with E-state index in [4.69, 9.17) is 0 Å². The van der Waals surface area contributed by atoms with E-state index in [2.05, 4.69) is 23.9 Å². The third-order valence-corrected chi connectivity index (χ3v) is 3.65. The van der Waals surface area contributed by atoms with Gasteiger partial charge >= 0.3 is 0 Å². The molecule has 1 fully saturated rings. The Balaban J connectivity index is 2.07. The van der Waals surface area contributed by atoms with E-state index in [1.54, 1.807) is 6.20 Å². The first-order valence-electron chi connectivity index (χ1n) is 7.18. The van der Waals surface area contributed by atoms with Gasteiger partial charge in [0.1, 0.15) is 0 Å². The van der Waals surface area contributed by atoms with Crippen molar-refractivity contribution in [3.05, 3.63) is 24.0 Å². The van der Waals surface area contributed by atoms with Crippen molar-refractivity contribution in [2.75, 3.05) is 31.6 Å². The molecule has 1 aromatic rings. The second-order valence-corrected chi connectivity index (χ2v) is 5.21. The highest BCUT2D eigenvalue weighted by atomic mass is 16.2. The van der Waals surface area contributed by atoms with E-state index >= 15 is 0 Å². The fraction of sp³-hybridized carbons (Fsp3) is 0.600. The molecule has 0 aromatic carbocycles. The number of pyridine rings is 1. The van der Waals surface area contributed by atoms with Gasteiger partial charge in [0.2, 0.25) is 0 Å². The van der Waals surface area contributed by atoms with Crippen LogP contribution in [0, 0.1) is 0 Å². The van der Waals surface area contributed by atoms with Crippen LogP contribution in [-0.4, -0.2) is 42.5 Å². The van der Waals surface area contributed by atoms with Gasteiger partial charge in [-0.1, -0.05) is 13.3 Å². The molecule has 0 radical (unpaired) electrons. The van der Waals surface area contributed by atoms with Gasteiger partial charge in [-0.2, -0.15) is 0 Å². The minimum Gasteiger partial charge on any atom is -0.373 e. The second kappa shape index (κ2) is 6.55. The van der Waals surface area contributed by atoms with Gasteiger partial charge in [-0.05, 0) is 25.3 Å². The minimum atomic E-state index is 0.121. The van der Waals surface area contributed by atoms with Crippen molar-refractivity contribution < 1.29 is 4.79 Å². The van der Waals surface area contributed by atoms with Crippen LogP contribution in [0.1, 0.15) is 43.0 Å². The zero-order valence-electron chi connectivity index (χ0n) is 11.9. The molecule has 0 spiro atoms. The van der Waals surface area contributed by atoms with Crippen LogP contribution in [0.5, 0.6) is 0 Å². The van der Waals surface area contributed by atoms with Crippen molar-refractivity contribution in [2.45, 2.75) is 32.6 Å². The normalized spacial score (nSPS) is 14.7. The van der Waals surface area contributed by atoms with Crippen molar-refractivity contribution in [3.8, 4) is 0 Å². The van der Waals surface area contributed by atoms with Crippen LogP contribution in [0.25, 0.3) is 0 Å². The first-order valence-corrected chi connectivity index (χ1v) is 7.18. The second-order valence-electron chi connectivity index (χ2n) is 5.21. The summed E-state index contributed by atoms with van der Waals surface area (Å²) in [6.45, 7) is 4.95. The standard InChI is InChI=1S/C15H23N3O/c1-3-4-7-17(2)14-10-13(11-16-12-14)15(19)18-8-5-6-9-18/h10-12H,3-9H2,1-2H3. The number of anilines is 1. The summed E-state index contributed by atoms with van der Waals surface area (Å²) in [5.41, 5.74) is 1.74. The molecular weight excluding hydrogens is 238 g/mol. The maximum Gasteiger partial charge on any atom is 0.255 e. The minimum absolute atomic E-state index is 0.121. The van der Waals surface area contributed by atoms with Crippen molar-refractivity contribution in [3.63, 3.8) is 0 Å².